The van der Waals surface area contributed by atoms with E-state index >= 15 is 0 Å². The number of alkyl halides is 1. The number of nitriles is 1. The van der Waals surface area contributed by atoms with Crippen molar-refractivity contribution in [3.63, 3.8) is 0 Å². The summed E-state index contributed by atoms with van der Waals surface area (Å²) in [7, 11) is 0. The van der Waals surface area contributed by atoms with Crippen LogP contribution in [0.4, 0.5) is 0 Å². The third kappa shape index (κ3) is 2.37. The maximum absolute atomic E-state index is 10.8. The second-order valence-electron chi connectivity index (χ2n) is 3.07. The van der Waals surface area contributed by atoms with E-state index < -0.39 is 5.97 Å². The van der Waals surface area contributed by atoms with Gasteiger partial charge in [0.15, 0.2) is 0 Å². The van der Waals surface area contributed by atoms with Gasteiger partial charge in [-0.2, -0.15) is 5.26 Å². The van der Waals surface area contributed by atoms with E-state index in [0.29, 0.717) is 17.3 Å². The Bertz CT molecular complexity index is 410. The van der Waals surface area contributed by atoms with E-state index in [4.69, 9.17) is 10.4 Å². The molecule has 1 aromatic carbocycles. The van der Waals surface area contributed by atoms with Crippen LogP contribution < -0.4 is 0 Å². The molecule has 0 bridgehead atoms. The van der Waals surface area contributed by atoms with Gasteiger partial charge in [0, 0.05) is 5.33 Å². The maximum Gasteiger partial charge on any atom is 0.335 e. The van der Waals surface area contributed by atoms with E-state index in [0.717, 1.165) is 11.1 Å². The van der Waals surface area contributed by atoms with E-state index in [2.05, 4.69) is 22.0 Å². The number of carboxylic acid groups (broad SMARTS) is 1. The van der Waals surface area contributed by atoms with Gasteiger partial charge in [0.05, 0.1) is 17.2 Å². The van der Waals surface area contributed by atoms with Crippen molar-refractivity contribution in [2.75, 3.05) is 0 Å². The van der Waals surface area contributed by atoms with E-state index in [1.807, 2.05) is 6.92 Å². The second-order valence-corrected chi connectivity index (χ2v) is 3.63. The van der Waals surface area contributed by atoms with Crippen LogP contribution in [0.15, 0.2) is 12.1 Å². The fourth-order valence-corrected chi connectivity index (χ4v) is 1.86. The molecule has 0 saturated heterocycles. The van der Waals surface area contributed by atoms with Gasteiger partial charge in [-0.3, -0.25) is 0 Å². The van der Waals surface area contributed by atoms with E-state index in [9.17, 15) is 4.79 Å². The Kier molecular flexibility index (Phi) is 3.87. The van der Waals surface area contributed by atoms with Crippen LogP contribution in [-0.2, 0) is 11.8 Å². The lowest BCUT2D eigenvalue weighted by molar-refractivity contribution is 0.0696. The minimum atomic E-state index is -0.962. The summed E-state index contributed by atoms with van der Waals surface area (Å²) in [5, 5.41) is 18.4. The number of nitrogens with zero attached hydrogens (tertiary/aromatic N) is 1. The van der Waals surface area contributed by atoms with Crippen LogP contribution in [0.5, 0.6) is 0 Å². The summed E-state index contributed by atoms with van der Waals surface area (Å²) >= 11 is 3.25. The molecule has 1 N–H and O–H groups in total. The van der Waals surface area contributed by atoms with Crippen LogP contribution in [0.2, 0.25) is 0 Å². The predicted molar refractivity (Wildman–Crippen MR) is 60.1 cm³/mol. The van der Waals surface area contributed by atoms with Crippen molar-refractivity contribution in [2.45, 2.75) is 18.7 Å². The number of hydrogen-bond donors (Lipinski definition) is 1. The lowest BCUT2D eigenvalue weighted by Crippen LogP contribution is -2.02. The van der Waals surface area contributed by atoms with Crippen molar-refractivity contribution < 1.29 is 9.90 Å². The third-order valence-corrected chi connectivity index (χ3v) is 2.79. The van der Waals surface area contributed by atoms with Gasteiger partial charge < -0.3 is 5.11 Å². The molecule has 0 atom stereocenters. The van der Waals surface area contributed by atoms with E-state index in [-0.39, 0.29) is 5.56 Å². The molecule has 0 fully saturated rings. The fourth-order valence-electron chi connectivity index (χ4n) is 1.42. The minimum absolute atomic E-state index is 0.236. The van der Waals surface area contributed by atoms with Gasteiger partial charge in [0.2, 0.25) is 0 Å². The summed E-state index contributed by atoms with van der Waals surface area (Å²) in [5.74, 6) is -0.962. The van der Waals surface area contributed by atoms with Crippen molar-refractivity contribution in [3.05, 3.63) is 34.4 Å². The Morgan fingerprint density at radius 3 is 2.53 bits per heavy atom. The topological polar surface area (TPSA) is 61.1 Å². The van der Waals surface area contributed by atoms with Gasteiger partial charge >= 0.3 is 5.97 Å². The van der Waals surface area contributed by atoms with Crippen LogP contribution in [-0.4, -0.2) is 11.1 Å². The predicted octanol–water partition coefficient (Wildman–Crippen LogP) is 2.71. The minimum Gasteiger partial charge on any atom is -0.478 e. The summed E-state index contributed by atoms with van der Waals surface area (Å²) in [6, 6.07) is 5.21. The molecule has 4 heteroatoms. The van der Waals surface area contributed by atoms with Crippen molar-refractivity contribution in [1.29, 1.82) is 5.26 Å². The van der Waals surface area contributed by atoms with Crippen LogP contribution >= 0.6 is 15.9 Å². The first kappa shape index (κ1) is 11.7. The molecule has 0 amide bonds. The number of benzene rings is 1. The Labute approximate surface area is 96.5 Å². The Balaban J connectivity index is 3.44. The maximum atomic E-state index is 10.8. The zero-order valence-corrected chi connectivity index (χ0v) is 9.84. The molecule has 1 aromatic rings. The van der Waals surface area contributed by atoms with Gasteiger partial charge in [-0.1, -0.05) is 22.9 Å². The highest BCUT2D eigenvalue weighted by molar-refractivity contribution is 9.08. The van der Waals surface area contributed by atoms with Crippen molar-refractivity contribution in [3.8, 4) is 6.07 Å². The van der Waals surface area contributed by atoms with Crippen LogP contribution in [0.25, 0.3) is 0 Å². The second kappa shape index (κ2) is 4.94. The Morgan fingerprint density at radius 2 is 2.13 bits per heavy atom. The molecule has 78 valence electrons. The van der Waals surface area contributed by atoms with E-state index in [1.165, 1.54) is 6.07 Å². The van der Waals surface area contributed by atoms with Crippen LogP contribution in [0.3, 0.4) is 0 Å². The lowest BCUT2D eigenvalue weighted by Gasteiger charge is -2.07. The van der Waals surface area contributed by atoms with Gasteiger partial charge in [0.25, 0.3) is 0 Å². The molecule has 0 aliphatic heterocycles. The molecular formula is C11H10BrNO2. The van der Waals surface area contributed by atoms with Crippen molar-refractivity contribution in [1.82, 2.24) is 0 Å². The molecule has 3 nitrogen and oxygen atoms in total. The monoisotopic (exact) mass is 267 g/mol. The average Bonchev–Trinajstić information content (AvgIpc) is 2.26. The molecule has 0 aliphatic rings. The molecular weight excluding hydrogens is 258 g/mol. The average molecular weight is 268 g/mol. The molecule has 0 radical (unpaired) electrons. The number of rotatable bonds is 3. The lowest BCUT2D eigenvalue weighted by atomic mass is 9.98. The van der Waals surface area contributed by atoms with Crippen molar-refractivity contribution in [2.24, 2.45) is 0 Å². The molecule has 15 heavy (non-hydrogen) atoms. The van der Waals surface area contributed by atoms with Crippen LogP contribution in [0.1, 0.15) is 34.0 Å². The highest BCUT2D eigenvalue weighted by atomic mass is 79.9. The number of aromatic carboxylic acids is 1. The zero-order valence-electron chi connectivity index (χ0n) is 8.25. The first-order valence-corrected chi connectivity index (χ1v) is 5.61. The Hall–Kier alpha value is -1.34. The summed E-state index contributed by atoms with van der Waals surface area (Å²) in [5.41, 5.74) is 2.33. The highest BCUT2D eigenvalue weighted by Crippen LogP contribution is 2.20. The molecule has 0 heterocycles. The fraction of sp³-hybridized carbons (Fsp3) is 0.273. The van der Waals surface area contributed by atoms with Gasteiger partial charge in [-0.05, 0) is 29.7 Å². The first-order valence-electron chi connectivity index (χ1n) is 4.49. The van der Waals surface area contributed by atoms with Crippen molar-refractivity contribution >= 4 is 21.9 Å². The molecule has 0 saturated carbocycles. The summed E-state index contributed by atoms with van der Waals surface area (Å²) in [4.78, 5) is 10.8. The van der Waals surface area contributed by atoms with Gasteiger partial charge in [-0.25, -0.2) is 4.79 Å². The number of aryl methyl sites for hydroxylation is 1. The first-order chi connectivity index (χ1) is 7.13. The quantitative estimate of drug-likeness (QED) is 0.857. The molecule has 0 spiro atoms. The normalized spacial score (nSPS) is 9.67. The Morgan fingerprint density at radius 1 is 1.53 bits per heavy atom. The summed E-state index contributed by atoms with van der Waals surface area (Å²) < 4.78 is 0. The number of carbonyl (C=O) groups is 1. The highest BCUT2D eigenvalue weighted by Gasteiger charge is 2.12. The van der Waals surface area contributed by atoms with Crippen LogP contribution in [0, 0.1) is 11.3 Å². The standard InChI is InChI=1S/C11H10BrNO2/c1-2-7-3-8(11(14)15)4-9(5-12)10(7)6-13/h3-4H,2,5H2,1H3,(H,14,15). The number of carboxylic acids is 1. The number of hydrogen-bond acceptors (Lipinski definition) is 2. The molecule has 0 aromatic heterocycles. The van der Waals surface area contributed by atoms with E-state index in [1.54, 1.807) is 6.07 Å². The van der Waals surface area contributed by atoms with Gasteiger partial charge in [0.1, 0.15) is 0 Å². The number of halogens is 1. The zero-order chi connectivity index (χ0) is 11.4. The smallest absolute Gasteiger partial charge is 0.335 e. The third-order valence-electron chi connectivity index (χ3n) is 2.19. The molecule has 0 unspecified atom stereocenters. The van der Waals surface area contributed by atoms with Gasteiger partial charge in [-0.15, -0.1) is 0 Å². The summed E-state index contributed by atoms with van der Waals surface area (Å²) in [6.45, 7) is 1.90. The largest absolute Gasteiger partial charge is 0.478 e. The SMILES string of the molecule is CCc1cc(C(=O)O)cc(CBr)c1C#N. The molecule has 1 rings (SSSR count). The summed E-state index contributed by atoms with van der Waals surface area (Å²) in [6.07, 6.45) is 0.657. The molecule has 0 aliphatic carbocycles.